The van der Waals surface area contributed by atoms with Gasteiger partial charge in [-0.05, 0) is 31.0 Å². The molecule has 1 saturated carbocycles. The first kappa shape index (κ1) is 13.1. The summed E-state index contributed by atoms with van der Waals surface area (Å²) >= 11 is 0. The molecule has 1 heterocycles. The summed E-state index contributed by atoms with van der Waals surface area (Å²) in [6.07, 6.45) is 4.32. The first-order valence-corrected chi connectivity index (χ1v) is 7.06. The fourth-order valence-corrected chi connectivity index (χ4v) is 2.88. The Morgan fingerprint density at radius 2 is 2.20 bits per heavy atom. The first-order valence-electron chi connectivity index (χ1n) is 7.06. The van der Waals surface area contributed by atoms with E-state index in [1.807, 2.05) is 30.3 Å². The SMILES string of the molecule is O=C(NCC1CCCC1O)c1cccc2ncccc12. The Kier molecular flexibility index (Phi) is 3.65. The molecule has 2 aromatic rings. The molecule has 0 saturated heterocycles. The Bertz CT molecular complexity index is 621. The predicted molar refractivity (Wildman–Crippen MR) is 77.4 cm³/mol. The number of pyridine rings is 1. The number of amides is 1. The van der Waals surface area contributed by atoms with Crippen LogP contribution in [0.4, 0.5) is 0 Å². The molecule has 1 amide bonds. The second kappa shape index (κ2) is 5.59. The Morgan fingerprint density at radius 1 is 1.30 bits per heavy atom. The van der Waals surface area contributed by atoms with Gasteiger partial charge in [-0.25, -0.2) is 0 Å². The number of aliphatic hydroxyl groups is 1. The lowest BCUT2D eigenvalue weighted by Crippen LogP contribution is -2.32. The van der Waals surface area contributed by atoms with E-state index in [1.54, 1.807) is 6.20 Å². The van der Waals surface area contributed by atoms with Gasteiger partial charge in [-0.3, -0.25) is 9.78 Å². The normalized spacial score (nSPS) is 22.1. The molecule has 1 aliphatic rings. The van der Waals surface area contributed by atoms with Crippen LogP contribution in [0.25, 0.3) is 10.9 Å². The Balaban J connectivity index is 1.75. The predicted octanol–water partition coefficient (Wildman–Crippen LogP) is 2.13. The van der Waals surface area contributed by atoms with Crippen molar-refractivity contribution in [3.8, 4) is 0 Å². The minimum atomic E-state index is -0.274. The molecule has 2 atom stereocenters. The van der Waals surface area contributed by atoms with E-state index in [2.05, 4.69) is 10.3 Å². The van der Waals surface area contributed by atoms with Crippen LogP contribution in [0.5, 0.6) is 0 Å². The maximum atomic E-state index is 12.3. The third kappa shape index (κ3) is 2.51. The van der Waals surface area contributed by atoms with Gasteiger partial charge < -0.3 is 10.4 Å². The van der Waals surface area contributed by atoms with Crippen molar-refractivity contribution in [1.29, 1.82) is 0 Å². The number of carbonyl (C=O) groups is 1. The maximum absolute atomic E-state index is 12.3. The molecule has 0 bridgehead atoms. The van der Waals surface area contributed by atoms with E-state index < -0.39 is 0 Å². The Hall–Kier alpha value is -1.94. The summed E-state index contributed by atoms with van der Waals surface area (Å²) in [6, 6.07) is 9.29. The molecule has 1 fully saturated rings. The van der Waals surface area contributed by atoms with Gasteiger partial charge in [0.15, 0.2) is 0 Å². The molecule has 20 heavy (non-hydrogen) atoms. The highest BCUT2D eigenvalue weighted by Gasteiger charge is 2.25. The summed E-state index contributed by atoms with van der Waals surface area (Å²) in [7, 11) is 0. The molecule has 1 aromatic carbocycles. The van der Waals surface area contributed by atoms with Gasteiger partial charge in [-0.2, -0.15) is 0 Å². The first-order chi connectivity index (χ1) is 9.75. The van der Waals surface area contributed by atoms with Crippen LogP contribution < -0.4 is 5.32 Å². The third-order valence-electron chi connectivity index (χ3n) is 4.03. The van der Waals surface area contributed by atoms with E-state index in [-0.39, 0.29) is 17.9 Å². The highest BCUT2D eigenvalue weighted by atomic mass is 16.3. The van der Waals surface area contributed by atoms with Gasteiger partial charge >= 0.3 is 0 Å². The number of nitrogens with one attached hydrogen (secondary N) is 1. The van der Waals surface area contributed by atoms with E-state index >= 15 is 0 Å². The zero-order valence-electron chi connectivity index (χ0n) is 11.2. The van der Waals surface area contributed by atoms with Gasteiger partial charge in [0, 0.05) is 29.6 Å². The molecular weight excluding hydrogens is 252 g/mol. The summed E-state index contributed by atoms with van der Waals surface area (Å²) in [6.45, 7) is 0.538. The molecule has 104 valence electrons. The van der Waals surface area contributed by atoms with Gasteiger partial charge in [-0.1, -0.05) is 18.6 Å². The summed E-state index contributed by atoms with van der Waals surface area (Å²) in [4.78, 5) is 16.6. The van der Waals surface area contributed by atoms with Crippen LogP contribution in [-0.2, 0) is 0 Å². The summed E-state index contributed by atoms with van der Waals surface area (Å²) in [5, 5.41) is 13.6. The van der Waals surface area contributed by atoms with Crippen molar-refractivity contribution < 1.29 is 9.90 Å². The average Bonchev–Trinajstić information content (AvgIpc) is 2.89. The van der Waals surface area contributed by atoms with Gasteiger partial charge in [0.05, 0.1) is 11.6 Å². The average molecular weight is 270 g/mol. The van der Waals surface area contributed by atoms with Crippen LogP contribution in [0, 0.1) is 5.92 Å². The zero-order valence-corrected chi connectivity index (χ0v) is 11.2. The third-order valence-corrected chi connectivity index (χ3v) is 4.03. The van der Waals surface area contributed by atoms with Crippen LogP contribution in [0.2, 0.25) is 0 Å². The van der Waals surface area contributed by atoms with Crippen molar-refractivity contribution in [2.24, 2.45) is 5.92 Å². The van der Waals surface area contributed by atoms with Gasteiger partial charge in [0.2, 0.25) is 0 Å². The second-order valence-corrected chi connectivity index (χ2v) is 5.34. The number of fused-ring (bicyclic) bond motifs is 1. The summed E-state index contributed by atoms with van der Waals surface area (Å²) in [5.41, 5.74) is 1.46. The quantitative estimate of drug-likeness (QED) is 0.898. The molecule has 0 radical (unpaired) electrons. The van der Waals surface area contributed by atoms with Gasteiger partial charge in [0.1, 0.15) is 0 Å². The molecule has 3 rings (SSSR count). The maximum Gasteiger partial charge on any atom is 0.251 e. The molecule has 4 heteroatoms. The van der Waals surface area contributed by atoms with E-state index in [4.69, 9.17) is 0 Å². The van der Waals surface area contributed by atoms with Crippen molar-refractivity contribution in [2.45, 2.75) is 25.4 Å². The van der Waals surface area contributed by atoms with Crippen LogP contribution in [-0.4, -0.2) is 28.6 Å². The lowest BCUT2D eigenvalue weighted by molar-refractivity contribution is 0.0918. The number of nitrogens with zero attached hydrogens (tertiary/aromatic N) is 1. The summed E-state index contributed by atoms with van der Waals surface area (Å²) in [5.74, 6) is 0.0924. The van der Waals surface area contributed by atoms with Crippen LogP contribution in [0.15, 0.2) is 36.5 Å². The number of aromatic nitrogens is 1. The highest BCUT2D eigenvalue weighted by Crippen LogP contribution is 2.25. The van der Waals surface area contributed by atoms with Gasteiger partial charge in [0.25, 0.3) is 5.91 Å². The fourth-order valence-electron chi connectivity index (χ4n) is 2.88. The standard InChI is InChI=1S/C16H18N2O2/c19-15-8-1-4-11(15)10-18-16(20)13-5-2-7-14-12(13)6-3-9-17-14/h2-3,5-7,9,11,15,19H,1,4,8,10H2,(H,18,20). The number of hydrogen-bond acceptors (Lipinski definition) is 3. The van der Waals surface area contributed by atoms with Crippen molar-refractivity contribution in [3.05, 3.63) is 42.1 Å². The molecule has 1 aliphatic carbocycles. The highest BCUT2D eigenvalue weighted by molar-refractivity contribution is 6.06. The smallest absolute Gasteiger partial charge is 0.251 e. The second-order valence-electron chi connectivity index (χ2n) is 5.34. The van der Waals surface area contributed by atoms with E-state index in [0.29, 0.717) is 12.1 Å². The number of hydrogen-bond donors (Lipinski definition) is 2. The topological polar surface area (TPSA) is 62.2 Å². The van der Waals surface area contributed by atoms with Crippen molar-refractivity contribution in [3.63, 3.8) is 0 Å². The minimum absolute atomic E-state index is 0.0947. The molecule has 4 nitrogen and oxygen atoms in total. The molecular formula is C16H18N2O2. The van der Waals surface area contributed by atoms with Crippen LogP contribution >= 0.6 is 0 Å². The lowest BCUT2D eigenvalue weighted by atomic mass is 10.0. The van der Waals surface area contributed by atoms with E-state index in [9.17, 15) is 9.90 Å². The van der Waals surface area contributed by atoms with Crippen molar-refractivity contribution >= 4 is 16.8 Å². The summed E-state index contributed by atoms with van der Waals surface area (Å²) < 4.78 is 0. The Labute approximate surface area is 117 Å². The fraction of sp³-hybridized carbons (Fsp3) is 0.375. The van der Waals surface area contributed by atoms with E-state index in [0.717, 1.165) is 30.2 Å². The van der Waals surface area contributed by atoms with Crippen LogP contribution in [0.1, 0.15) is 29.6 Å². The van der Waals surface area contributed by atoms with Crippen molar-refractivity contribution in [2.75, 3.05) is 6.54 Å². The molecule has 2 N–H and O–H groups in total. The lowest BCUT2D eigenvalue weighted by Gasteiger charge is -2.15. The van der Waals surface area contributed by atoms with E-state index in [1.165, 1.54) is 0 Å². The number of benzene rings is 1. The minimum Gasteiger partial charge on any atom is -0.393 e. The monoisotopic (exact) mass is 270 g/mol. The molecule has 2 unspecified atom stereocenters. The molecule has 0 spiro atoms. The number of carbonyl (C=O) groups excluding carboxylic acids is 1. The Morgan fingerprint density at radius 3 is 3.00 bits per heavy atom. The number of aliphatic hydroxyl groups excluding tert-OH is 1. The molecule has 1 aromatic heterocycles. The largest absolute Gasteiger partial charge is 0.393 e. The van der Waals surface area contributed by atoms with Gasteiger partial charge in [-0.15, -0.1) is 0 Å². The van der Waals surface area contributed by atoms with Crippen LogP contribution in [0.3, 0.4) is 0 Å². The zero-order chi connectivity index (χ0) is 13.9. The number of rotatable bonds is 3. The molecule has 0 aliphatic heterocycles. The van der Waals surface area contributed by atoms with Crippen molar-refractivity contribution in [1.82, 2.24) is 10.3 Å².